The van der Waals surface area contributed by atoms with Gasteiger partial charge in [0.2, 0.25) is 0 Å². The molecule has 0 unspecified atom stereocenters. The molecular formula is C22H30N4O3S. The average molecular weight is 431 g/mol. The van der Waals surface area contributed by atoms with E-state index in [-0.39, 0.29) is 5.75 Å². The fraction of sp³-hybridized carbons (Fsp3) is 0.455. The number of aromatic nitrogens is 1. The molecule has 1 aliphatic rings. The number of hydrogen-bond acceptors (Lipinski definition) is 5. The van der Waals surface area contributed by atoms with Crippen molar-refractivity contribution in [3.8, 4) is 5.75 Å². The molecule has 3 rings (SSSR count). The first-order valence-electron chi connectivity index (χ1n) is 10.2. The van der Waals surface area contributed by atoms with Gasteiger partial charge in [0.05, 0.1) is 22.7 Å². The topological polar surface area (TPSA) is 83.9 Å². The van der Waals surface area contributed by atoms with E-state index in [0.29, 0.717) is 26.2 Å². The second kappa shape index (κ2) is 9.47. The smallest absolute Gasteiger partial charge is 0.194 e. The van der Waals surface area contributed by atoms with Gasteiger partial charge in [-0.05, 0) is 50.6 Å². The summed E-state index contributed by atoms with van der Waals surface area (Å²) in [5.74, 6) is 1.67. The van der Waals surface area contributed by atoms with Crippen molar-refractivity contribution in [3.63, 3.8) is 0 Å². The van der Waals surface area contributed by atoms with Crippen LogP contribution in [0.1, 0.15) is 32.0 Å². The summed E-state index contributed by atoms with van der Waals surface area (Å²) >= 11 is 0. The number of sulfone groups is 1. The molecule has 0 spiro atoms. The Morgan fingerprint density at radius 2 is 2.00 bits per heavy atom. The zero-order valence-electron chi connectivity index (χ0n) is 17.8. The zero-order chi connectivity index (χ0) is 21.6. The lowest BCUT2D eigenvalue weighted by atomic mass is 10.2. The number of rotatable bonds is 6. The van der Waals surface area contributed by atoms with E-state index in [9.17, 15) is 8.42 Å². The van der Waals surface area contributed by atoms with Crippen LogP contribution in [0.15, 0.2) is 53.7 Å². The van der Waals surface area contributed by atoms with Crippen molar-refractivity contribution >= 4 is 15.8 Å². The Labute approximate surface area is 179 Å². The molecule has 0 saturated carbocycles. The van der Waals surface area contributed by atoms with Crippen LogP contribution in [0.5, 0.6) is 5.75 Å². The molecule has 162 valence electrons. The van der Waals surface area contributed by atoms with E-state index in [1.807, 2.05) is 54.3 Å². The molecule has 1 saturated heterocycles. The fourth-order valence-corrected chi connectivity index (χ4v) is 4.61. The zero-order valence-corrected chi connectivity index (χ0v) is 18.7. The van der Waals surface area contributed by atoms with Gasteiger partial charge in [0.25, 0.3) is 0 Å². The van der Waals surface area contributed by atoms with Crippen LogP contribution in [0.2, 0.25) is 0 Å². The van der Waals surface area contributed by atoms with E-state index >= 15 is 0 Å². The lowest BCUT2D eigenvalue weighted by molar-refractivity contribution is 0.301. The van der Waals surface area contributed by atoms with Gasteiger partial charge in [0.1, 0.15) is 12.4 Å². The first kappa shape index (κ1) is 22.1. The fourth-order valence-electron chi connectivity index (χ4n) is 3.25. The Kier molecular flexibility index (Phi) is 6.97. The second-order valence-electron chi connectivity index (χ2n) is 7.92. The Morgan fingerprint density at radius 1 is 1.23 bits per heavy atom. The lowest BCUT2D eigenvalue weighted by Gasteiger charge is -2.39. The summed E-state index contributed by atoms with van der Waals surface area (Å²) in [6.45, 7) is 8.11. The van der Waals surface area contributed by atoms with Crippen molar-refractivity contribution in [2.75, 3.05) is 25.4 Å². The van der Waals surface area contributed by atoms with Gasteiger partial charge < -0.3 is 15.0 Å². The molecular weight excluding hydrogens is 400 g/mol. The van der Waals surface area contributed by atoms with Gasteiger partial charge in [-0.25, -0.2) is 13.4 Å². The van der Waals surface area contributed by atoms with Crippen LogP contribution in [0.3, 0.4) is 0 Å². The van der Waals surface area contributed by atoms with Gasteiger partial charge in [0.15, 0.2) is 15.8 Å². The number of hydrogen-bond donors (Lipinski definition) is 1. The van der Waals surface area contributed by atoms with Crippen molar-refractivity contribution < 1.29 is 13.2 Å². The summed E-state index contributed by atoms with van der Waals surface area (Å²) in [5.41, 5.74) is 1.94. The minimum absolute atomic E-state index is 0.146. The predicted molar refractivity (Wildman–Crippen MR) is 119 cm³/mol. The highest BCUT2D eigenvalue weighted by molar-refractivity contribution is 7.92. The molecule has 2 heterocycles. The first-order valence-corrected chi connectivity index (χ1v) is 11.8. The molecule has 0 radical (unpaired) electrons. The monoisotopic (exact) mass is 430 g/mol. The van der Waals surface area contributed by atoms with Crippen molar-refractivity contribution in [2.45, 2.75) is 38.7 Å². The molecule has 1 aliphatic heterocycles. The number of nitrogens with zero attached hydrogens (tertiary/aromatic N) is 3. The van der Waals surface area contributed by atoms with Crippen molar-refractivity contribution in [2.24, 2.45) is 4.99 Å². The number of guanidine groups is 1. The number of benzene rings is 1. The van der Waals surface area contributed by atoms with Gasteiger partial charge in [-0.2, -0.15) is 0 Å². The molecule has 1 fully saturated rings. The minimum Gasteiger partial charge on any atom is -0.487 e. The quantitative estimate of drug-likeness (QED) is 0.560. The van der Waals surface area contributed by atoms with Crippen molar-refractivity contribution in [1.82, 2.24) is 15.2 Å². The molecule has 2 aromatic rings. The number of aliphatic imine (C=N–C) groups is 1. The number of pyridine rings is 1. The van der Waals surface area contributed by atoms with E-state index in [0.717, 1.165) is 29.5 Å². The third kappa shape index (κ3) is 5.50. The van der Waals surface area contributed by atoms with Crippen LogP contribution in [0.25, 0.3) is 0 Å². The molecule has 0 atom stereocenters. The summed E-state index contributed by atoms with van der Waals surface area (Å²) in [6.07, 6.45) is 1.75. The Hall–Kier alpha value is -2.61. The largest absolute Gasteiger partial charge is 0.487 e. The summed E-state index contributed by atoms with van der Waals surface area (Å²) in [6, 6.07) is 13.6. The maximum absolute atomic E-state index is 12.3. The van der Waals surface area contributed by atoms with Crippen LogP contribution in [-0.2, 0) is 23.0 Å². The Balaban J connectivity index is 1.62. The molecule has 7 nitrogen and oxygen atoms in total. The van der Waals surface area contributed by atoms with Gasteiger partial charge in [0, 0.05) is 25.8 Å². The van der Waals surface area contributed by atoms with Crippen molar-refractivity contribution in [1.29, 1.82) is 0 Å². The van der Waals surface area contributed by atoms with Gasteiger partial charge in [-0.15, -0.1) is 0 Å². The van der Waals surface area contributed by atoms with E-state index in [2.05, 4.69) is 10.3 Å². The van der Waals surface area contributed by atoms with Crippen LogP contribution in [0.4, 0.5) is 0 Å². The predicted octanol–water partition coefficient (Wildman–Crippen LogP) is 2.64. The van der Waals surface area contributed by atoms with E-state index in [1.54, 1.807) is 20.0 Å². The summed E-state index contributed by atoms with van der Waals surface area (Å²) in [5, 5.41) is 3.29. The van der Waals surface area contributed by atoms with Gasteiger partial charge in [-0.3, -0.25) is 4.98 Å². The molecule has 30 heavy (non-hydrogen) atoms. The minimum atomic E-state index is -3.08. The first-order chi connectivity index (χ1) is 14.3. The number of nitrogens with one attached hydrogen (secondary N) is 1. The molecule has 0 amide bonds. The molecule has 0 aliphatic carbocycles. The Morgan fingerprint density at radius 3 is 2.63 bits per heavy atom. The lowest BCUT2D eigenvalue weighted by Crippen LogP contribution is -2.57. The molecule has 1 aromatic heterocycles. The highest BCUT2D eigenvalue weighted by Crippen LogP contribution is 2.24. The standard InChI is InChI=1S/C22H30N4O3S/c1-4-23-21(26-13-14-30(27,28)22(2,3)17-26)25-15-18-8-10-20(11-9-18)29-16-19-7-5-6-12-24-19/h5-12H,4,13-17H2,1-3H3,(H,23,25). The molecule has 8 heteroatoms. The average Bonchev–Trinajstić information content (AvgIpc) is 2.73. The van der Waals surface area contributed by atoms with Crippen LogP contribution >= 0.6 is 0 Å². The van der Waals surface area contributed by atoms with Gasteiger partial charge >= 0.3 is 0 Å². The maximum Gasteiger partial charge on any atom is 0.194 e. The normalized spacial score (nSPS) is 18.1. The molecule has 1 N–H and O–H groups in total. The Bertz CT molecular complexity index is 958. The highest BCUT2D eigenvalue weighted by atomic mass is 32.2. The van der Waals surface area contributed by atoms with Crippen LogP contribution < -0.4 is 10.1 Å². The van der Waals surface area contributed by atoms with E-state index in [4.69, 9.17) is 9.73 Å². The van der Waals surface area contributed by atoms with Gasteiger partial charge in [-0.1, -0.05) is 18.2 Å². The summed E-state index contributed by atoms with van der Waals surface area (Å²) in [4.78, 5) is 11.0. The number of ether oxygens (including phenoxy) is 1. The SMILES string of the molecule is CCNC(=NCc1ccc(OCc2ccccn2)cc1)N1CCS(=O)(=O)C(C)(C)C1. The van der Waals surface area contributed by atoms with Crippen molar-refractivity contribution in [3.05, 3.63) is 59.9 Å². The van der Waals surface area contributed by atoms with Crippen LogP contribution in [-0.4, -0.2) is 54.4 Å². The van der Waals surface area contributed by atoms with E-state index < -0.39 is 14.6 Å². The molecule has 1 aromatic carbocycles. The van der Waals surface area contributed by atoms with Crippen LogP contribution in [0, 0.1) is 0 Å². The molecule has 0 bridgehead atoms. The summed E-state index contributed by atoms with van der Waals surface area (Å²) in [7, 11) is -3.08. The highest BCUT2D eigenvalue weighted by Gasteiger charge is 2.40. The summed E-state index contributed by atoms with van der Waals surface area (Å²) < 4.78 is 29.6. The maximum atomic E-state index is 12.3. The third-order valence-corrected chi connectivity index (χ3v) is 7.66. The third-order valence-electron chi connectivity index (χ3n) is 5.13. The second-order valence-corrected chi connectivity index (χ2v) is 10.7. The van der Waals surface area contributed by atoms with E-state index in [1.165, 1.54) is 0 Å².